The Morgan fingerprint density at radius 2 is 1.91 bits per heavy atom. The average molecular weight is 320 g/mol. The highest BCUT2D eigenvalue weighted by Crippen LogP contribution is 2.17. The molecule has 2 aliphatic rings. The summed E-state index contributed by atoms with van der Waals surface area (Å²) in [5, 5.41) is 2.99. The SMILES string of the molecule is O=C(NCc1ccc(N2CCCCC2)nc1)N1CCSCC1. The van der Waals surface area contributed by atoms with Gasteiger partial charge >= 0.3 is 6.03 Å². The molecule has 0 saturated carbocycles. The predicted octanol–water partition coefficient (Wildman–Crippen LogP) is 2.33. The highest BCUT2D eigenvalue weighted by molar-refractivity contribution is 7.99. The third-order valence-corrected chi connectivity index (χ3v) is 5.17. The van der Waals surface area contributed by atoms with Crippen LogP contribution in [0.15, 0.2) is 18.3 Å². The van der Waals surface area contributed by atoms with Crippen LogP contribution in [0.4, 0.5) is 10.6 Å². The lowest BCUT2D eigenvalue weighted by atomic mass is 10.1. The second kappa shape index (κ2) is 7.72. The van der Waals surface area contributed by atoms with Crippen LogP contribution >= 0.6 is 11.8 Å². The second-order valence-electron chi connectivity index (χ2n) is 5.83. The number of nitrogens with zero attached hydrogens (tertiary/aromatic N) is 3. The van der Waals surface area contributed by atoms with Crippen LogP contribution < -0.4 is 10.2 Å². The van der Waals surface area contributed by atoms with Gasteiger partial charge in [0, 0.05) is 50.4 Å². The lowest BCUT2D eigenvalue weighted by Gasteiger charge is -2.28. The van der Waals surface area contributed by atoms with E-state index in [1.807, 2.05) is 22.9 Å². The predicted molar refractivity (Wildman–Crippen MR) is 91.4 cm³/mol. The molecule has 1 aromatic rings. The molecular formula is C16H24N4OS. The number of hydrogen-bond acceptors (Lipinski definition) is 4. The first kappa shape index (κ1) is 15.5. The number of amides is 2. The van der Waals surface area contributed by atoms with Crippen LogP contribution in [0.5, 0.6) is 0 Å². The van der Waals surface area contributed by atoms with E-state index >= 15 is 0 Å². The quantitative estimate of drug-likeness (QED) is 0.928. The Kier molecular flexibility index (Phi) is 5.43. The van der Waals surface area contributed by atoms with Crippen molar-refractivity contribution in [3.8, 4) is 0 Å². The Hall–Kier alpha value is -1.43. The maximum absolute atomic E-state index is 12.1. The number of nitrogens with one attached hydrogen (secondary N) is 1. The van der Waals surface area contributed by atoms with Crippen LogP contribution in [0.2, 0.25) is 0 Å². The van der Waals surface area contributed by atoms with Gasteiger partial charge in [-0.1, -0.05) is 6.07 Å². The van der Waals surface area contributed by atoms with Crippen molar-refractivity contribution in [2.75, 3.05) is 42.6 Å². The molecule has 2 aliphatic heterocycles. The maximum atomic E-state index is 12.1. The molecule has 0 bridgehead atoms. The van der Waals surface area contributed by atoms with Gasteiger partial charge in [0.1, 0.15) is 5.82 Å². The minimum atomic E-state index is 0.0420. The van der Waals surface area contributed by atoms with Gasteiger partial charge in [0.05, 0.1) is 0 Å². The molecule has 120 valence electrons. The molecule has 2 saturated heterocycles. The van der Waals surface area contributed by atoms with Crippen molar-refractivity contribution in [3.05, 3.63) is 23.9 Å². The van der Waals surface area contributed by atoms with Crippen molar-refractivity contribution in [3.63, 3.8) is 0 Å². The second-order valence-corrected chi connectivity index (χ2v) is 7.06. The van der Waals surface area contributed by atoms with Gasteiger partial charge in [0.25, 0.3) is 0 Å². The van der Waals surface area contributed by atoms with Crippen LogP contribution in [0.1, 0.15) is 24.8 Å². The fourth-order valence-electron chi connectivity index (χ4n) is 2.89. The summed E-state index contributed by atoms with van der Waals surface area (Å²) in [6.45, 7) is 4.47. The van der Waals surface area contributed by atoms with E-state index in [0.29, 0.717) is 6.54 Å². The molecule has 3 heterocycles. The Labute approximate surface area is 136 Å². The zero-order chi connectivity index (χ0) is 15.2. The third kappa shape index (κ3) is 4.06. The average Bonchev–Trinajstić information content (AvgIpc) is 2.61. The number of aromatic nitrogens is 1. The first-order valence-electron chi connectivity index (χ1n) is 8.13. The number of carbonyl (C=O) groups is 1. The molecule has 0 atom stereocenters. The van der Waals surface area contributed by atoms with E-state index < -0.39 is 0 Å². The zero-order valence-electron chi connectivity index (χ0n) is 13.0. The lowest BCUT2D eigenvalue weighted by molar-refractivity contribution is 0.202. The van der Waals surface area contributed by atoms with E-state index in [-0.39, 0.29) is 6.03 Å². The first-order valence-corrected chi connectivity index (χ1v) is 9.29. The van der Waals surface area contributed by atoms with Crippen LogP contribution in [0, 0.1) is 0 Å². The zero-order valence-corrected chi connectivity index (χ0v) is 13.8. The highest BCUT2D eigenvalue weighted by Gasteiger charge is 2.16. The van der Waals surface area contributed by atoms with Crippen molar-refractivity contribution in [1.29, 1.82) is 0 Å². The number of hydrogen-bond donors (Lipinski definition) is 1. The summed E-state index contributed by atoms with van der Waals surface area (Å²) >= 11 is 1.91. The van der Waals surface area contributed by atoms with Gasteiger partial charge in [-0.2, -0.15) is 11.8 Å². The van der Waals surface area contributed by atoms with Crippen LogP contribution in [-0.4, -0.2) is 53.6 Å². The molecule has 5 nitrogen and oxygen atoms in total. The fourth-order valence-corrected chi connectivity index (χ4v) is 3.79. The van der Waals surface area contributed by atoms with Crippen LogP contribution in [0.25, 0.3) is 0 Å². The summed E-state index contributed by atoms with van der Waals surface area (Å²) in [5.74, 6) is 3.14. The van der Waals surface area contributed by atoms with Crippen molar-refractivity contribution in [2.45, 2.75) is 25.8 Å². The van der Waals surface area contributed by atoms with E-state index in [9.17, 15) is 4.79 Å². The minimum Gasteiger partial charge on any atom is -0.357 e. The molecule has 2 fully saturated rings. The molecule has 22 heavy (non-hydrogen) atoms. The van der Waals surface area contributed by atoms with Gasteiger partial charge in [0.15, 0.2) is 0 Å². The first-order chi connectivity index (χ1) is 10.8. The van der Waals surface area contributed by atoms with E-state index in [2.05, 4.69) is 27.3 Å². The summed E-state index contributed by atoms with van der Waals surface area (Å²) in [6.07, 6.45) is 5.73. The number of pyridine rings is 1. The number of urea groups is 1. The largest absolute Gasteiger partial charge is 0.357 e. The van der Waals surface area contributed by atoms with Crippen molar-refractivity contribution in [1.82, 2.24) is 15.2 Å². The third-order valence-electron chi connectivity index (χ3n) is 4.23. The molecule has 0 aromatic carbocycles. The van der Waals surface area contributed by atoms with Crippen molar-refractivity contribution in [2.24, 2.45) is 0 Å². The van der Waals surface area contributed by atoms with Gasteiger partial charge in [-0.3, -0.25) is 0 Å². The molecule has 0 spiro atoms. The molecule has 0 radical (unpaired) electrons. The number of piperidine rings is 1. The molecule has 0 unspecified atom stereocenters. The smallest absolute Gasteiger partial charge is 0.317 e. The minimum absolute atomic E-state index is 0.0420. The molecule has 6 heteroatoms. The van der Waals surface area contributed by atoms with Gasteiger partial charge in [-0.15, -0.1) is 0 Å². The molecule has 1 N–H and O–H groups in total. The summed E-state index contributed by atoms with van der Waals surface area (Å²) < 4.78 is 0. The molecule has 3 rings (SSSR count). The maximum Gasteiger partial charge on any atom is 0.317 e. The normalized spacial score (nSPS) is 19.1. The Morgan fingerprint density at radius 3 is 2.59 bits per heavy atom. The number of thioether (sulfide) groups is 1. The lowest BCUT2D eigenvalue weighted by Crippen LogP contribution is -2.44. The van der Waals surface area contributed by atoms with Crippen molar-refractivity contribution >= 4 is 23.6 Å². The van der Waals surface area contributed by atoms with E-state index in [1.165, 1.54) is 19.3 Å². The van der Waals surface area contributed by atoms with Crippen LogP contribution in [0.3, 0.4) is 0 Å². The summed E-state index contributed by atoms with van der Waals surface area (Å²) in [5.41, 5.74) is 1.06. The number of anilines is 1. The Balaban J connectivity index is 1.49. The summed E-state index contributed by atoms with van der Waals surface area (Å²) in [7, 11) is 0. The monoisotopic (exact) mass is 320 g/mol. The van der Waals surface area contributed by atoms with E-state index in [4.69, 9.17) is 0 Å². The van der Waals surface area contributed by atoms with E-state index in [1.54, 1.807) is 0 Å². The van der Waals surface area contributed by atoms with E-state index in [0.717, 1.165) is 49.1 Å². The van der Waals surface area contributed by atoms with Gasteiger partial charge in [-0.05, 0) is 30.9 Å². The van der Waals surface area contributed by atoms with Gasteiger partial charge in [0.2, 0.25) is 0 Å². The summed E-state index contributed by atoms with van der Waals surface area (Å²) in [4.78, 5) is 20.9. The Bertz CT molecular complexity index is 481. The topological polar surface area (TPSA) is 48.5 Å². The fraction of sp³-hybridized carbons (Fsp3) is 0.625. The Morgan fingerprint density at radius 1 is 1.14 bits per heavy atom. The van der Waals surface area contributed by atoms with Gasteiger partial charge < -0.3 is 15.1 Å². The summed E-state index contributed by atoms with van der Waals surface area (Å²) in [6, 6.07) is 4.19. The molecular weight excluding hydrogens is 296 g/mol. The molecule has 2 amide bonds. The number of rotatable bonds is 3. The molecule has 1 aromatic heterocycles. The van der Waals surface area contributed by atoms with Crippen molar-refractivity contribution < 1.29 is 4.79 Å². The number of carbonyl (C=O) groups excluding carboxylic acids is 1. The van der Waals surface area contributed by atoms with Crippen LogP contribution in [-0.2, 0) is 6.54 Å². The van der Waals surface area contributed by atoms with Gasteiger partial charge in [-0.25, -0.2) is 9.78 Å². The molecule has 0 aliphatic carbocycles. The highest BCUT2D eigenvalue weighted by atomic mass is 32.2. The standard InChI is InChI=1S/C16H24N4OS/c21-16(20-8-10-22-11-9-20)18-13-14-4-5-15(17-12-14)19-6-2-1-3-7-19/h4-5,12H,1-3,6-11,13H2,(H,18,21).